The van der Waals surface area contributed by atoms with Crippen LogP contribution in [-0.2, 0) is 0 Å². The van der Waals surface area contributed by atoms with E-state index in [1.54, 1.807) is 6.07 Å². The van der Waals surface area contributed by atoms with Crippen molar-refractivity contribution in [1.82, 2.24) is 4.57 Å². The summed E-state index contributed by atoms with van der Waals surface area (Å²) >= 11 is 0. The lowest BCUT2D eigenvalue weighted by Crippen LogP contribution is -2.45. The highest BCUT2D eigenvalue weighted by Gasteiger charge is 2.52. The molecule has 1 saturated heterocycles. The predicted octanol–water partition coefficient (Wildman–Crippen LogP) is 4.06. The average Bonchev–Trinajstić information content (AvgIpc) is 2.77. The third-order valence-corrected chi connectivity index (χ3v) is 8.20. The van der Waals surface area contributed by atoms with Crippen molar-refractivity contribution in [2.24, 2.45) is 0 Å². The Bertz CT molecular complexity index is 778. The van der Waals surface area contributed by atoms with Gasteiger partial charge < -0.3 is 9.47 Å². The summed E-state index contributed by atoms with van der Waals surface area (Å²) in [5, 5.41) is 0. The molecule has 23 heavy (non-hydrogen) atoms. The van der Waals surface area contributed by atoms with Crippen LogP contribution >= 0.6 is 0 Å². The van der Waals surface area contributed by atoms with Gasteiger partial charge in [-0.1, -0.05) is 43.9 Å². The fourth-order valence-corrected chi connectivity index (χ4v) is 7.47. The van der Waals surface area contributed by atoms with Gasteiger partial charge in [0, 0.05) is 35.6 Å². The van der Waals surface area contributed by atoms with Crippen LogP contribution in [0.3, 0.4) is 0 Å². The normalized spacial score (nSPS) is 26.2. The number of hydrogen-bond acceptors (Lipinski definition) is 2. The molecule has 2 aliphatic rings. The van der Waals surface area contributed by atoms with E-state index in [0.717, 1.165) is 13.0 Å². The first-order valence-corrected chi connectivity index (χ1v) is 12.1. The number of aromatic nitrogens is 1. The van der Waals surface area contributed by atoms with Crippen LogP contribution in [0, 0.1) is 0 Å². The van der Waals surface area contributed by atoms with E-state index in [1.165, 1.54) is 11.4 Å². The summed E-state index contributed by atoms with van der Waals surface area (Å²) in [7, 11) is -1.42. The van der Waals surface area contributed by atoms with Crippen molar-refractivity contribution in [3.05, 3.63) is 64.6 Å². The molecule has 1 aromatic heterocycles. The van der Waals surface area contributed by atoms with Crippen LogP contribution in [0.25, 0.3) is 0 Å². The monoisotopic (exact) mass is 324 g/mol. The standard InChI is InChI=1S/C19H24N2OSi/c1-23(2,3)19-16-12-13-20(14-8-5-4-6-9-14)18(19)15-10-7-11-17(22)21(15)16/h4-11,16,18-19H,12-13H2,1-3H3. The molecule has 4 rings (SSSR count). The molecule has 0 N–H and O–H groups in total. The highest BCUT2D eigenvalue weighted by Crippen LogP contribution is 2.56. The zero-order chi connectivity index (χ0) is 16.2. The summed E-state index contributed by atoms with van der Waals surface area (Å²) in [5.41, 5.74) is 3.26. The van der Waals surface area contributed by atoms with E-state index < -0.39 is 8.07 Å². The van der Waals surface area contributed by atoms with Gasteiger partial charge >= 0.3 is 0 Å². The van der Waals surface area contributed by atoms with Crippen LogP contribution in [0.4, 0.5) is 5.69 Å². The van der Waals surface area contributed by atoms with E-state index in [1.807, 2.05) is 6.07 Å². The molecule has 0 spiro atoms. The van der Waals surface area contributed by atoms with Gasteiger partial charge in [0.1, 0.15) is 0 Å². The van der Waals surface area contributed by atoms with Crippen molar-refractivity contribution in [1.29, 1.82) is 0 Å². The molecule has 0 aliphatic carbocycles. The van der Waals surface area contributed by atoms with Crippen molar-refractivity contribution in [3.63, 3.8) is 0 Å². The fourth-order valence-electron chi connectivity index (χ4n) is 4.70. The molecule has 1 aromatic carbocycles. The largest absolute Gasteiger partial charge is 0.363 e. The van der Waals surface area contributed by atoms with Gasteiger partial charge in [-0.3, -0.25) is 4.79 Å². The van der Waals surface area contributed by atoms with Crippen LogP contribution in [-0.4, -0.2) is 19.2 Å². The number of para-hydroxylation sites is 1. The number of anilines is 1. The Labute approximate surface area is 138 Å². The lowest BCUT2D eigenvalue weighted by atomic mass is 9.98. The second kappa shape index (κ2) is 5.10. The molecular weight excluding hydrogens is 300 g/mol. The Hall–Kier alpha value is -1.81. The maximum atomic E-state index is 12.5. The minimum atomic E-state index is -1.42. The van der Waals surface area contributed by atoms with Gasteiger partial charge in [-0.25, -0.2) is 0 Å². The van der Waals surface area contributed by atoms with Crippen molar-refractivity contribution >= 4 is 13.8 Å². The summed E-state index contributed by atoms with van der Waals surface area (Å²) in [6.07, 6.45) is 1.07. The molecule has 2 bridgehead atoms. The van der Waals surface area contributed by atoms with Gasteiger partial charge in [0.2, 0.25) is 0 Å². The smallest absolute Gasteiger partial charge is 0.251 e. The Morgan fingerprint density at radius 2 is 1.74 bits per heavy atom. The molecule has 4 heteroatoms. The highest BCUT2D eigenvalue weighted by atomic mass is 28.3. The zero-order valence-corrected chi connectivity index (χ0v) is 15.1. The van der Waals surface area contributed by atoms with Crippen molar-refractivity contribution in [3.8, 4) is 0 Å². The highest BCUT2D eigenvalue weighted by molar-refractivity contribution is 6.78. The average molecular weight is 324 g/mol. The number of rotatable bonds is 2. The maximum Gasteiger partial charge on any atom is 0.251 e. The van der Waals surface area contributed by atoms with Crippen LogP contribution in [0.15, 0.2) is 53.3 Å². The van der Waals surface area contributed by atoms with Crippen LogP contribution in [0.1, 0.15) is 24.2 Å². The van der Waals surface area contributed by atoms with Gasteiger partial charge in [0.25, 0.3) is 5.56 Å². The molecule has 0 radical (unpaired) electrons. The van der Waals surface area contributed by atoms with Gasteiger partial charge in [-0.05, 0) is 24.6 Å². The molecule has 3 unspecified atom stereocenters. The summed E-state index contributed by atoms with van der Waals surface area (Å²) in [6.45, 7) is 8.37. The topological polar surface area (TPSA) is 25.2 Å². The number of hydrogen-bond donors (Lipinski definition) is 0. The lowest BCUT2D eigenvalue weighted by molar-refractivity contribution is 0.399. The van der Waals surface area contributed by atoms with Gasteiger partial charge in [0.05, 0.1) is 14.1 Å². The third kappa shape index (κ3) is 2.19. The van der Waals surface area contributed by atoms with E-state index in [-0.39, 0.29) is 5.56 Å². The predicted molar refractivity (Wildman–Crippen MR) is 98.0 cm³/mol. The second-order valence-corrected chi connectivity index (χ2v) is 13.3. The molecular formula is C19H24N2OSi. The van der Waals surface area contributed by atoms with E-state index in [4.69, 9.17) is 0 Å². The number of piperidine rings is 1. The Morgan fingerprint density at radius 1 is 1.00 bits per heavy atom. The SMILES string of the molecule is C[Si](C)(C)C1C2c3cccc(=O)n3C1CCN2c1ccccc1. The van der Waals surface area contributed by atoms with Crippen molar-refractivity contribution < 1.29 is 0 Å². The second-order valence-electron chi connectivity index (χ2n) is 7.88. The zero-order valence-electron chi connectivity index (χ0n) is 14.1. The Balaban J connectivity index is 1.90. The van der Waals surface area contributed by atoms with Crippen molar-refractivity contribution in [2.75, 3.05) is 11.4 Å². The molecule has 120 valence electrons. The first kappa shape index (κ1) is 14.8. The van der Waals surface area contributed by atoms with E-state index in [0.29, 0.717) is 17.6 Å². The van der Waals surface area contributed by atoms with Crippen LogP contribution in [0.2, 0.25) is 25.2 Å². The first-order chi connectivity index (χ1) is 11.0. The van der Waals surface area contributed by atoms with Gasteiger partial charge in [-0.15, -0.1) is 0 Å². The van der Waals surface area contributed by atoms with E-state index in [9.17, 15) is 4.79 Å². The number of fused-ring (bicyclic) bond motifs is 5. The molecule has 0 saturated carbocycles. The molecule has 3 heterocycles. The molecule has 0 amide bonds. The van der Waals surface area contributed by atoms with Crippen LogP contribution in [0.5, 0.6) is 0 Å². The fraction of sp³-hybridized carbons (Fsp3) is 0.421. The van der Waals surface area contributed by atoms with Crippen LogP contribution < -0.4 is 10.5 Å². The summed E-state index contributed by atoms with van der Waals surface area (Å²) in [4.78, 5) is 15.1. The van der Waals surface area contributed by atoms with E-state index >= 15 is 0 Å². The molecule has 3 nitrogen and oxygen atoms in total. The molecule has 2 aliphatic heterocycles. The maximum absolute atomic E-state index is 12.5. The quantitative estimate of drug-likeness (QED) is 0.778. The minimum Gasteiger partial charge on any atom is -0.363 e. The van der Waals surface area contributed by atoms with E-state index in [2.05, 4.69) is 65.5 Å². The number of pyridine rings is 1. The summed E-state index contributed by atoms with van der Waals surface area (Å²) in [6, 6.07) is 17.2. The number of benzene rings is 1. The summed E-state index contributed by atoms with van der Waals surface area (Å²) < 4.78 is 2.11. The minimum absolute atomic E-state index is 0.174. The first-order valence-electron chi connectivity index (χ1n) is 8.51. The Morgan fingerprint density at radius 3 is 2.43 bits per heavy atom. The molecule has 2 aromatic rings. The molecule has 1 fully saturated rings. The third-order valence-electron chi connectivity index (χ3n) is 5.50. The molecule has 3 atom stereocenters. The van der Waals surface area contributed by atoms with Gasteiger partial charge in [-0.2, -0.15) is 0 Å². The summed E-state index contributed by atoms with van der Waals surface area (Å²) in [5.74, 6) is 0. The number of nitrogens with zero attached hydrogens (tertiary/aromatic N) is 2. The Kier molecular flexibility index (Phi) is 3.27. The van der Waals surface area contributed by atoms with Gasteiger partial charge in [0.15, 0.2) is 0 Å². The lowest BCUT2D eigenvalue weighted by Gasteiger charge is -2.45. The van der Waals surface area contributed by atoms with Crippen molar-refractivity contribution in [2.45, 2.75) is 43.7 Å².